The zero-order valence-electron chi connectivity index (χ0n) is 11.6. The SMILES string of the molecule is Cc1ccc(CNC(=O)c2cnc(C)cc2NN)cc1. The van der Waals surface area contributed by atoms with Crippen LogP contribution in [0.2, 0.25) is 0 Å². The van der Waals surface area contributed by atoms with Gasteiger partial charge in [0.15, 0.2) is 0 Å². The Morgan fingerprint density at radius 1 is 1.25 bits per heavy atom. The fourth-order valence-corrected chi connectivity index (χ4v) is 1.84. The van der Waals surface area contributed by atoms with Gasteiger partial charge in [0, 0.05) is 18.4 Å². The van der Waals surface area contributed by atoms with Crippen LogP contribution < -0.4 is 16.6 Å². The van der Waals surface area contributed by atoms with Crippen molar-refractivity contribution in [3.63, 3.8) is 0 Å². The topological polar surface area (TPSA) is 80.0 Å². The van der Waals surface area contributed by atoms with Crippen molar-refractivity contribution >= 4 is 11.6 Å². The van der Waals surface area contributed by atoms with Crippen molar-refractivity contribution in [3.05, 3.63) is 58.9 Å². The number of nitrogens with zero attached hydrogens (tertiary/aromatic N) is 1. The van der Waals surface area contributed by atoms with E-state index in [2.05, 4.69) is 15.7 Å². The Morgan fingerprint density at radius 2 is 1.95 bits per heavy atom. The van der Waals surface area contributed by atoms with Gasteiger partial charge in [0.1, 0.15) is 0 Å². The number of aromatic nitrogens is 1. The summed E-state index contributed by atoms with van der Waals surface area (Å²) in [4.78, 5) is 16.2. The molecule has 1 aromatic carbocycles. The number of aryl methyl sites for hydroxylation is 2. The van der Waals surface area contributed by atoms with Crippen LogP contribution in [0.3, 0.4) is 0 Å². The molecule has 1 amide bonds. The number of nitrogens with two attached hydrogens (primary N) is 1. The number of carbonyl (C=O) groups excluding carboxylic acids is 1. The van der Waals surface area contributed by atoms with Gasteiger partial charge >= 0.3 is 0 Å². The first kappa shape index (κ1) is 14.0. The lowest BCUT2D eigenvalue weighted by atomic mass is 10.1. The number of rotatable bonds is 4. The predicted octanol–water partition coefficient (Wildman–Crippen LogP) is 1.91. The molecule has 0 saturated carbocycles. The van der Waals surface area contributed by atoms with Gasteiger partial charge in [0.2, 0.25) is 0 Å². The molecule has 0 spiro atoms. The van der Waals surface area contributed by atoms with Crippen LogP contribution in [-0.2, 0) is 6.54 Å². The van der Waals surface area contributed by atoms with Gasteiger partial charge in [-0.05, 0) is 25.5 Å². The molecule has 1 aromatic heterocycles. The third kappa shape index (κ3) is 3.33. The van der Waals surface area contributed by atoms with Crippen LogP contribution in [0.25, 0.3) is 0 Å². The van der Waals surface area contributed by atoms with Crippen molar-refractivity contribution in [1.82, 2.24) is 10.3 Å². The summed E-state index contributed by atoms with van der Waals surface area (Å²) >= 11 is 0. The molecule has 0 radical (unpaired) electrons. The number of nitrogens with one attached hydrogen (secondary N) is 2. The van der Waals surface area contributed by atoms with Crippen LogP contribution >= 0.6 is 0 Å². The lowest BCUT2D eigenvalue weighted by Gasteiger charge is -2.10. The van der Waals surface area contributed by atoms with Crippen LogP contribution in [0.1, 0.15) is 27.2 Å². The molecule has 0 bridgehead atoms. The van der Waals surface area contributed by atoms with E-state index in [4.69, 9.17) is 5.84 Å². The minimum atomic E-state index is -0.203. The standard InChI is InChI=1S/C15H18N4O/c1-10-3-5-12(6-4-10)8-18-15(20)13-9-17-11(2)7-14(13)19-16/h3-7,9H,8,16H2,1-2H3,(H,17,19)(H,18,20). The third-order valence-electron chi connectivity index (χ3n) is 3.01. The maximum absolute atomic E-state index is 12.1. The largest absolute Gasteiger partial charge is 0.348 e. The Kier molecular flexibility index (Phi) is 4.32. The molecule has 2 aromatic rings. The van der Waals surface area contributed by atoms with Crippen LogP contribution in [-0.4, -0.2) is 10.9 Å². The molecule has 0 aliphatic rings. The Hall–Kier alpha value is -2.40. The minimum Gasteiger partial charge on any atom is -0.348 e. The minimum absolute atomic E-state index is 0.203. The second kappa shape index (κ2) is 6.16. The molecule has 0 atom stereocenters. The Morgan fingerprint density at radius 3 is 2.60 bits per heavy atom. The predicted molar refractivity (Wildman–Crippen MR) is 79.1 cm³/mol. The Bertz CT molecular complexity index is 608. The number of benzene rings is 1. The van der Waals surface area contributed by atoms with Crippen molar-refractivity contribution in [2.45, 2.75) is 20.4 Å². The molecular weight excluding hydrogens is 252 g/mol. The van der Waals surface area contributed by atoms with Crippen molar-refractivity contribution in [3.8, 4) is 0 Å². The summed E-state index contributed by atoms with van der Waals surface area (Å²) in [6.07, 6.45) is 1.52. The van der Waals surface area contributed by atoms with E-state index in [9.17, 15) is 4.79 Å². The molecule has 1 heterocycles. The van der Waals surface area contributed by atoms with Crippen LogP contribution in [0.5, 0.6) is 0 Å². The van der Waals surface area contributed by atoms with Crippen molar-refractivity contribution in [2.24, 2.45) is 5.84 Å². The van der Waals surface area contributed by atoms with Gasteiger partial charge < -0.3 is 10.7 Å². The van der Waals surface area contributed by atoms with E-state index in [1.54, 1.807) is 6.07 Å². The summed E-state index contributed by atoms with van der Waals surface area (Å²) in [5.41, 5.74) is 6.56. The first-order chi connectivity index (χ1) is 9.60. The number of pyridine rings is 1. The first-order valence-electron chi connectivity index (χ1n) is 6.37. The highest BCUT2D eigenvalue weighted by atomic mass is 16.1. The number of nitrogen functional groups attached to an aromatic ring is 1. The van der Waals surface area contributed by atoms with Gasteiger partial charge in [-0.1, -0.05) is 29.8 Å². The van der Waals surface area contributed by atoms with E-state index < -0.39 is 0 Å². The summed E-state index contributed by atoms with van der Waals surface area (Å²) in [7, 11) is 0. The summed E-state index contributed by atoms with van der Waals surface area (Å²) in [5.74, 6) is 5.22. The summed E-state index contributed by atoms with van der Waals surface area (Å²) < 4.78 is 0. The second-order valence-corrected chi connectivity index (χ2v) is 4.68. The summed E-state index contributed by atoms with van der Waals surface area (Å²) in [6, 6.07) is 9.75. The Labute approximate surface area is 118 Å². The van der Waals surface area contributed by atoms with Crippen molar-refractivity contribution in [1.29, 1.82) is 0 Å². The first-order valence-corrected chi connectivity index (χ1v) is 6.37. The average molecular weight is 270 g/mol. The molecule has 5 nitrogen and oxygen atoms in total. The molecule has 2 rings (SSSR count). The third-order valence-corrected chi connectivity index (χ3v) is 3.01. The lowest BCUT2D eigenvalue weighted by molar-refractivity contribution is 0.0951. The summed E-state index contributed by atoms with van der Waals surface area (Å²) in [5, 5.41) is 2.85. The van der Waals surface area contributed by atoms with Gasteiger partial charge in [-0.3, -0.25) is 15.6 Å². The van der Waals surface area contributed by atoms with Gasteiger partial charge in [-0.25, -0.2) is 0 Å². The van der Waals surface area contributed by atoms with E-state index in [1.807, 2.05) is 38.1 Å². The maximum atomic E-state index is 12.1. The Balaban J connectivity index is 2.07. The number of hydrazine groups is 1. The molecule has 104 valence electrons. The van der Waals surface area contributed by atoms with Crippen LogP contribution in [0.4, 0.5) is 5.69 Å². The smallest absolute Gasteiger partial charge is 0.255 e. The molecule has 4 N–H and O–H groups in total. The highest BCUT2D eigenvalue weighted by Crippen LogP contribution is 2.14. The number of anilines is 1. The van der Waals surface area contributed by atoms with E-state index in [0.29, 0.717) is 17.8 Å². The second-order valence-electron chi connectivity index (χ2n) is 4.68. The summed E-state index contributed by atoms with van der Waals surface area (Å²) in [6.45, 7) is 4.34. The highest BCUT2D eigenvalue weighted by Gasteiger charge is 2.11. The monoisotopic (exact) mass is 270 g/mol. The fraction of sp³-hybridized carbons (Fsp3) is 0.200. The van der Waals surface area contributed by atoms with Gasteiger partial charge in [0.05, 0.1) is 11.3 Å². The molecule has 0 unspecified atom stereocenters. The van der Waals surface area contributed by atoms with E-state index in [1.165, 1.54) is 11.8 Å². The highest BCUT2D eigenvalue weighted by molar-refractivity contribution is 5.99. The van der Waals surface area contributed by atoms with E-state index in [-0.39, 0.29) is 5.91 Å². The zero-order chi connectivity index (χ0) is 14.5. The van der Waals surface area contributed by atoms with Crippen molar-refractivity contribution < 1.29 is 4.79 Å². The normalized spacial score (nSPS) is 10.2. The van der Waals surface area contributed by atoms with Crippen LogP contribution in [0, 0.1) is 13.8 Å². The number of hydrogen-bond acceptors (Lipinski definition) is 4. The quantitative estimate of drug-likeness (QED) is 0.585. The zero-order valence-corrected chi connectivity index (χ0v) is 11.6. The molecule has 0 aliphatic carbocycles. The van der Waals surface area contributed by atoms with Crippen molar-refractivity contribution in [2.75, 3.05) is 5.43 Å². The average Bonchev–Trinajstić information content (AvgIpc) is 2.46. The van der Waals surface area contributed by atoms with Gasteiger partial charge in [-0.15, -0.1) is 0 Å². The molecule has 0 saturated heterocycles. The van der Waals surface area contributed by atoms with E-state index in [0.717, 1.165) is 11.3 Å². The fourth-order valence-electron chi connectivity index (χ4n) is 1.84. The molecular formula is C15H18N4O. The molecule has 0 fully saturated rings. The number of hydrogen-bond donors (Lipinski definition) is 3. The van der Waals surface area contributed by atoms with Gasteiger partial charge in [0.25, 0.3) is 5.91 Å². The van der Waals surface area contributed by atoms with Crippen LogP contribution in [0.15, 0.2) is 36.5 Å². The molecule has 20 heavy (non-hydrogen) atoms. The number of amides is 1. The molecule has 0 aliphatic heterocycles. The lowest BCUT2D eigenvalue weighted by Crippen LogP contribution is -2.25. The van der Waals surface area contributed by atoms with Gasteiger partial charge in [-0.2, -0.15) is 0 Å². The van der Waals surface area contributed by atoms with E-state index >= 15 is 0 Å². The maximum Gasteiger partial charge on any atom is 0.255 e. The number of carbonyl (C=O) groups is 1. The molecule has 5 heteroatoms.